The molecule has 0 aliphatic heterocycles. The third-order valence-electron chi connectivity index (χ3n) is 3.32. The molecule has 0 fully saturated rings. The zero-order valence-corrected chi connectivity index (χ0v) is 12.9. The van der Waals surface area contributed by atoms with Crippen LogP contribution in [0.5, 0.6) is 0 Å². The molecule has 0 aliphatic rings. The number of aromatic amines is 2. The summed E-state index contributed by atoms with van der Waals surface area (Å²) >= 11 is 0. The van der Waals surface area contributed by atoms with E-state index in [1.807, 2.05) is 24.3 Å². The van der Waals surface area contributed by atoms with E-state index in [-0.39, 0.29) is 11.3 Å². The zero-order chi connectivity index (χ0) is 17.8. The van der Waals surface area contributed by atoms with E-state index in [0.29, 0.717) is 11.0 Å². The highest BCUT2D eigenvalue weighted by molar-refractivity contribution is 5.92. The average Bonchev–Trinajstić information content (AvgIpc) is 2.61. The second-order valence-corrected chi connectivity index (χ2v) is 5.06. The van der Waals surface area contributed by atoms with Crippen molar-refractivity contribution in [2.45, 2.75) is 0 Å². The van der Waals surface area contributed by atoms with Crippen LogP contribution in [-0.2, 0) is 0 Å². The summed E-state index contributed by atoms with van der Waals surface area (Å²) in [4.78, 5) is 45.8. The lowest BCUT2D eigenvalue weighted by Crippen LogP contribution is -2.25. The van der Waals surface area contributed by atoms with Gasteiger partial charge in [-0.3, -0.25) is 14.4 Å². The molecule has 8 heteroatoms. The molecule has 25 heavy (non-hydrogen) atoms. The molecule has 0 saturated carbocycles. The van der Waals surface area contributed by atoms with Gasteiger partial charge in [0.25, 0.3) is 17.0 Å². The molecule has 0 spiro atoms. The first-order chi connectivity index (χ1) is 12.0. The molecule has 4 rings (SSSR count). The first-order valence-electron chi connectivity index (χ1n) is 7.27. The molecule has 2 heterocycles. The highest BCUT2D eigenvalue weighted by atomic mass is 16.2. The van der Waals surface area contributed by atoms with Crippen molar-refractivity contribution in [3.63, 3.8) is 0 Å². The topological polar surface area (TPSA) is 135 Å². The summed E-state index contributed by atoms with van der Waals surface area (Å²) in [6.07, 6.45) is 1.28. The van der Waals surface area contributed by atoms with Crippen molar-refractivity contribution in [1.29, 1.82) is 0 Å². The van der Waals surface area contributed by atoms with Gasteiger partial charge in [0.2, 0.25) is 0 Å². The van der Waals surface area contributed by atoms with Crippen LogP contribution in [0.4, 0.5) is 0 Å². The van der Waals surface area contributed by atoms with Gasteiger partial charge < -0.3 is 15.7 Å². The number of primary amides is 1. The summed E-state index contributed by atoms with van der Waals surface area (Å²) in [5.74, 6) is -0.822. The van der Waals surface area contributed by atoms with Crippen molar-refractivity contribution >= 4 is 28.0 Å². The largest absolute Gasteiger partial charge is 0.364 e. The van der Waals surface area contributed by atoms with Crippen LogP contribution < -0.4 is 16.9 Å². The fourth-order valence-electron chi connectivity index (χ4n) is 2.18. The van der Waals surface area contributed by atoms with Crippen molar-refractivity contribution in [3.05, 3.63) is 81.1 Å². The second-order valence-electron chi connectivity index (χ2n) is 5.06. The van der Waals surface area contributed by atoms with Crippen LogP contribution in [0, 0.1) is 0 Å². The van der Waals surface area contributed by atoms with Crippen molar-refractivity contribution in [3.8, 4) is 0 Å². The summed E-state index contributed by atoms with van der Waals surface area (Å²) in [6.45, 7) is 0. The number of nitrogens with one attached hydrogen (secondary N) is 2. The number of hydrogen-bond acceptors (Lipinski definition) is 5. The number of rotatable bonds is 1. The summed E-state index contributed by atoms with van der Waals surface area (Å²) < 4.78 is 0. The molecule has 1 amide bonds. The summed E-state index contributed by atoms with van der Waals surface area (Å²) in [5.41, 5.74) is 6.72. The summed E-state index contributed by atoms with van der Waals surface area (Å²) in [6, 6.07) is 14.3. The predicted octanol–water partition coefficient (Wildman–Crippen LogP) is 0.945. The van der Waals surface area contributed by atoms with Crippen molar-refractivity contribution in [2.24, 2.45) is 5.73 Å². The molecule has 0 atom stereocenters. The van der Waals surface area contributed by atoms with E-state index in [2.05, 4.69) is 19.9 Å². The van der Waals surface area contributed by atoms with Gasteiger partial charge in [-0.1, -0.05) is 24.3 Å². The van der Waals surface area contributed by atoms with Gasteiger partial charge in [-0.05, 0) is 24.3 Å². The number of carbonyl (C=O) groups excluding carboxylic acids is 1. The number of aromatic nitrogens is 4. The van der Waals surface area contributed by atoms with Gasteiger partial charge in [-0.15, -0.1) is 0 Å². The minimum absolute atomic E-state index is 0.163. The molecule has 4 N–H and O–H groups in total. The maximum absolute atomic E-state index is 11.3. The van der Waals surface area contributed by atoms with E-state index in [1.54, 1.807) is 24.3 Å². The van der Waals surface area contributed by atoms with E-state index in [0.717, 1.165) is 11.0 Å². The number of nitrogens with two attached hydrogens (primary N) is 1. The van der Waals surface area contributed by atoms with E-state index in [4.69, 9.17) is 5.73 Å². The molecule has 0 radical (unpaired) electrons. The number of H-pyrrole nitrogens is 2. The Kier molecular flexibility index (Phi) is 4.34. The van der Waals surface area contributed by atoms with Gasteiger partial charge in [0.15, 0.2) is 5.69 Å². The second kappa shape index (κ2) is 6.75. The van der Waals surface area contributed by atoms with Crippen LogP contribution in [0.3, 0.4) is 0 Å². The van der Waals surface area contributed by atoms with Gasteiger partial charge in [-0.2, -0.15) is 0 Å². The Morgan fingerprint density at radius 3 is 2.16 bits per heavy atom. The molecule has 2 aromatic carbocycles. The molecule has 124 valence electrons. The molecule has 4 aromatic rings. The molecule has 8 nitrogen and oxygen atoms in total. The highest BCUT2D eigenvalue weighted by Crippen LogP contribution is 2.05. The zero-order valence-electron chi connectivity index (χ0n) is 12.9. The maximum Gasteiger partial charge on any atom is 0.280 e. The van der Waals surface area contributed by atoms with Gasteiger partial charge in [0, 0.05) is 0 Å². The van der Waals surface area contributed by atoms with E-state index in [1.165, 1.54) is 6.20 Å². The number of fused-ring (bicyclic) bond motifs is 2. The third kappa shape index (κ3) is 3.58. The van der Waals surface area contributed by atoms with Crippen molar-refractivity contribution in [2.75, 3.05) is 0 Å². The van der Waals surface area contributed by atoms with Crippen LogP contribution in [0.25, 0.3) is 22.1 Å². The molecule has 2 aromatic heterocycles. The third-order valence-corrected chi connectivity index (χ3v) is 3.32. The fourth-order valence-corrected chi connectivity index (χ4v) is 2.18. The summed E-state index contributed by atoms with van der Waals surface area (Å²) in [5, 5.41) is 0. The lowest BCUT2D eigenvalue weighted by Gasteiger charge is -1.97. The smallest absolute Gasteiger partial charge is 0.280 e. The average molecular weight is 335 g/mol. The van der Waals surface area contributed by atoms with Gasteiger partial charge in [-0.25, -0.2) is 9.97 Å². The Morgan fingerprint density at radius 2 is 1.48 bits per heavy atom. The highest BCUT2D eigenvalue weighted by Gasteiger charge is 2.08. The number of carbonyl (C=O) groups is 1. The molecule has 0 bridgehead atoms. The Labute approximate surface area is 140 Å². The van der Waals surface area contributed by atoms with Gasteiger partial charge >= 0.3 is 0 Å². The molecule has 0 unspecified atom stereocenters. The SMILES string of the molecule is NC(=O)c1nc2ccccc2[nH]c1=O.O=c1cnc2ccccc2[nH]1. The number of nitrogens with zero attached hydrogens (tertiary/aromatic N) is 2. The van der Waals surface area contributed by atoms with E-state index < -0.39 is 11.5 Å². The van der Waals surface area contributed by atoms with Crippen molar-refractivity contribution < 1.29 is 4.79 Å². The van der Waals surface area contributed by atoms with Crippen LogP contribution in [0.1, 0.15) is 10.5 Å². The Morgan fingerprint density at radius 1 is 0.880 bits per heavy atom. The number of amides is 1. The van der Waals surface area contributed by atoms with Crippen LogP contribution in [-0.4, -0.2) is 25.8 Å². The molecular weight excluding hydrogens is 322 g/mol. The molecule has 0 saturated heterocycles. The minimum atomic E-state index is -0.822. The van der Waals surface area contributed by atoms with Gasteiger partial charge in [0.1, 0.15) is 0 Å². The van der Waals surface area contributed by atoms with Crippen LogP contribution >= 0.6 is 0 Å². The fraction of sp³-hybridized carbons (Fsp3) is 0. The first-order valence-corrected chi connectivity index (χ1v) is 7.27. The van der Waals surface area contributed by atoms with E-state index >= 15 is 0 Å². The minimum Gasteiger partial charge on any atom is -0.364 e. The number of benzene rings is 2. The number of hydrogen-bond donors (Lipinski definition) is 3. The standard InChI is InChI=1S/C9H7N3O2.C8H6N2O/c10-8(13)7-9(14)12-6-4-2-1-3-5(6)11-7;11-8-5-9-6-3-1-2-4-7(6)10-8/h1-4H,(H2,10,13)(H,12,14);1-5H,(H,10,11). The normalized spacial score (nSPS) is 10.2. The lowest BCUT2D eigenvalue weighted by molar-refractivity contribution is 0.0994. The Bertz CT molecular complexity index is 1180. The molecular formula is C17H13N5O3. The first kappa shape index (κ1) is 16.1. The van der Waals surface area contributed by atoms with Crippen molar-refractivity contribution in [1.82, 2.24) is 19.9 Å². The Hall–Kier alpha value is -3.81. The van der Waals surface area contributed by atoms with E-state index in [9.17, 15) is 14.4 Å². The van der Waals surface area contributed by atoms with Crippen LogP contribution in [0.15, 0.2) is 64.3 Å². The monoisotopic (exact) mass is 335 g/mol. The predicted molar refractivity (Wildman–Crippen MR) is 93.2 cm³/mol. The quantitative estimate of drug-likeness (QED) is 0.476. The number of para-hydroxylation sites is 4. The Balaban J connectivity index is 0.000000150. The lowest BCUT2D eigenvalue weighted by atomic mass is 10.3. The van der Waals surface area contributed by atoms with Gasteiger partial charge in [0.05, 0.1) is 28.3 Å². The maximum atomic E-state index is 11.3. The molecule has 0 aliphatic carbocycles. The summed E-state index contributed by atoms with van der Waals surface area (Å²) in [7, 11) is 0. The van der Waals surface area contributed by atoms with Crippen LogP contribution in [0.2, 0.25) is 0 Å².